The third kappa shape index (κ3) is 6.29. The Hall–Kier alpha value is -1.59. The van der Waals surface area contributed by atoms with Gasteiger partial charge in [-0.15, -0.1) is 0 Å². The fourth-order valence-corrected chi connectivity index (χ4v) is 3.45. The number of rotatable bonds is 8. The summed E-state index contributed by atoms with van der Waals surface area (Å²) in [6.45, 7) is 13.2. The van der Waals surface area contributed by atoms with Gasteiger partial charge in [-0.05, 0) is 24.1 Å². The molecule has 26 heavy (non-hydrogen) atoms. The summed E-state index contributed by atoms with van der Waals surface area (Å²) in [5.74, 6) is 0.977. The predicted octanol–water partition coefficient (Wildman–Crippen LogP) is 2.63. The van der Waals surface area contributed by atoms with Crippen molar-refractivity contribution in [3.63, 3.8) is 0 Å². The van der Waals surface area contributed by atoms with E-state index < -0.39 is 0 Å². The van der Waals surface area contributed by atoms with Crippen molar-refractivity contribution in [3.05, 3.63) is 35.4 Å². The van der Waals surface area contributed by atoms with E-state index >= 15 is 0 Å². The quantitative estimate of drug-likeness (QED) is 0.572. The molecule has 1 aliphatic heterocycles. The van der Waals surface area contributed by atoms with Crippen LogP contribution in [0.25, 0.3) is 0 Å². The maximum atomic E-state index is 4.43. The first-order valence-electron chi connectivity index (χ1n) is 10.1. The standard InChI is InChI=1S/C21H37N5/c1-5-7-12-24(4)21(22-3)23-17-19-10-8-9-11-20(19)18-26-15-13-25(6-2)14-16-26/h8-11H,5-7,12-18H2,1-4H3,(H,22,23). The summed E-state index contributed by atoms with van der Waals surface area (Å²) in [7, 11) is 3.98. The number of aliphatic imine (C=N–C) groups is 1. The van der Waals surface area contributed by atoms with Crippen LogP contribution in [0.1, 0.15) is 37.8 Å². The summed E-state index contributed by atoms with van der Waals surface area (Å²) < 4.78 is 0. The SMILES string of the molecule is CCCCN(C)C(=NC)NCc1ccccc1CN1CCN(CC)CC1. The monoisotopic (exact) mass is 359 g/mol. The van der Waals surface area contributed by atoms with E-state index in [0.717, 1.165) is 38.7 Å². The number of piperazine rings is 1. The van der Waals surface area contributed by atoms with Gasteiger partial charge in [0.25, 0.3) is 0 Å². The minimum atomic E-state index is 0.828. The van der Waals surface area contributed by atoms with Gasteiger partial charge in [-0.25, -0.2) is 0 Å². The number of hydrogen-bond donors (Lipinski definition) is 1. The molecule has 0 unspecified atom stereocenters. The lowest BCUT2D eigenvalue weighted by atomic mass is 10.1. The van der Waals surface area contributed by atoms with Crippen LogP contribution < -0.4 is 5.32 Å². The number of benzene rings is 1. The van der Waals surface area contributed by atoms with Gasteiger partial charge in [0, 0.05) is 59.9 Å². The van der Waals surface area contributed by atoms with Crippen LogP contribution in [0.4, 0.5) is 0 Å². The number of nitrogens with one attached hydrogen (secondary N) is 1. The zero-order chi connectivity index (χ0) is 18.8. The van der Waals surface area contributed by atoms with E-state index in [1.54, 1.807) is 0 Å². The number of hydrogen-bond acceptors (Lipinski definition) is 3. The van der Waals surface area contributed by atoms with Gasteiger partial charge in [-0.3, -0.25) is 9.89 Å². The molecule has 0 bridgehead atoms. The number of nitrogens with zero attached hydrogens (tertiary/aromatic N) is 4. The highest BCUT2D eigenvalue weighted by atomic mass is 15.3. The van der Waals surface area contributed by atoms with Crippen molar-refractivity contribution in [3.8, 4) is 0 Å². The summed E-state index contributed by atoms with van der Waals surface area (Å²) >= 11 is 0. The van der Waals surface area contributed by atoms with E-state index in [2.05, 4.69) is 70.2 Å². The Kier molecular flexibility index (Phi) is 8.92. The van der Waals surface area contributed by atoms with Gasteiger partial charge in [-0.1, -0.05) is 44.5 Å². The van der Waals surface area contributed by atoms with E-state index in [9.17, 15) is 0 Å². The maximum Gasteiger partial charge on any atom is 0.193 e. The summed E-state index contributed by atoms with van der Waals surface area (Å²) in [6, 6.07) is 8.80. The Morgan fingerprint density at radius 3 is 2.35 bits per heavy atom. The summed E-state index contributed by atoms with van der Waals surface area (Å²) in [4.78, 5) is 11.8. The Morgan fingerprint density at radius 1 is 1.08 bits per heavy atom. The Morgan fingerprint density at radius 2 is 1.73 bits per heavy atom. The molecule has 2 rings (SSSR count). The molecule has 1 aromatic carbocycles. The topological polar surface area (TPSA) is 34.1 Å². The largest absolute Gasteiger partial charge is 0.352 e. The molecule has 0 aromatic heterocycles. The molecule has 1 saturated heterocycles. The van der Waals surface area contributed by atoms with Crippen molar-refractivity contribution in [2.45, 2.75) is 39.8 Å². The second kappa shape index (κ2) is 11.2. The van der Waals surface area contributed by atoms with Crippen LogP contribution in [0.15, 0.2) is 29.3 Å². The van der Waals surface area contributed by atoms with Crippen LogP contribution in [-0.2, 0) is 13.1 Å². The summed E-state index contributed by atoms with van der Waals surface area (Å²) in [5.41, 5.74) is 2.80. The van der Waals surface area contributed by atoms with Gasteiger partial charge in [0.05, 0.1) is 0 Å². The molecule has 1 aliphatic rings. The minimum Gasteiger partial charge on any atom is -0.352 e. The molecule has 0 saturated carbocycles. The molecule has 0 spiro atoms. The normalized spacial score (nSPS) is 16.7. The lowest BCUT2D eigenvalue weighted by molar-refractivity contribution is 0.131. The lowest BCUT2D eigenvalue weighted by Crippen LogP contribution is -2.45. The smallest absolute Gasteiger partial charge is 0.193 e. The molecular weight excluding hydrogens is 322 g/mol. The third-order valence-electron chi connectivity index (χ3n) is 5.28. The molecule has 146 valence electrons. The molecular formula is C21H37N5. The molecule has 1 aromatic rings. The lowest BCUT2D eigenvalue weighted by Gasteiger charge is -2.34. The van der Waals surface area contributed by atoms with Crippen molar-refractivity contribution in [2.75, 3.05) is 53.4 Å². The molecule has 1 N–H and O–H groups in total. The average molecular weight is 360 g/mol. The first kappa shape index (κ1) is 20.7. The molecule has 0 amide bonds. The van der Waals surface area contributed by atoms with E-state index in [1.807, 2.05) is 7.05 Å². The van der Waals surface area contributed by atoms with Crippen LogP contribution in [0.5, 0.6) is 0 Å². The third-order valence-corrected chi connectivity index (χ3v) is 5.28. The zero-order valence-electron chi connectivity index (χ0n) is 17.2. The molecule has 0 radical (unpaired) electrons. The van der Waals surface area contributed by atoms with Crippen LogP contribution in [0, 0.1) is 0 Å². The number of likely N-dealkylation sites (N-methyl/N-ethyl adjacent to an activating group) is 1. The highest BCUT2D eigenvalue weighted by Crippen LogP contribution is 2.13. The Labute approximate surface area is 160 Å². The molecule has 0 atom stereocenters. The molecule has 1 heterocycles. The predicted molar refractivity (Wildman–Crippen MR) is 112 cm³/mol. The molecule has 5 heteroatoms. The van der Waals surface area contributed by atoms with Crippen molar-refractivity contribution < 1.29 is 0 Å². The van der Waals surface area contributed by atoms with Crippen LogP contribution in [0.2, 0.25) is 0 Å². The van der Waals surface area contributed by atoms with Gasteiger partial charge >= 0.3 is 0 Å². The van der Waals surface area contributed by atoms with Crippen molar-refractivity contribution in [1.82, 2.24) is 20.0 Å². The van der Waals surface area contributed by atoms with E-state index in [1.165, 1.54) is 43.6 Å². The van der Waals surface area contributed by atoms with Crippen molar-refractivity contribution in [1.29, 1.82) is 0 Å². The second-order valence-electron chi connectivity index (χ2n) is 7.15. The van der Waals surface area contributed by atoms with Crippen molar-refractivity contribution in [2.24, 2.45) is 4.99 Å². The highest BCUT2D eigenvalue weighted by molar-refractivity contribution is 5.79. The second-order valence-corrected chi connectivity index (χ2v) is 7.15. The molecule has 5 nitrogen and oxygen atoms in total. The first-order valence-corrected chi connectivity index (χ1v) is 10.1. The van der Waals surface area contributed by atoms with Gasteiger partial charge < -0.3 is 15.1 Å². The average Bonchev–Trinajstić information content (AvgIpc) is 2.68. The Balaban J connectivity index is 1.92. The zero-order valence-corrected chi connectivity index (χ0v) is 17.2. The minimum absolute atomic E-state index is 0.828. The van der Waals surface area contributed by atoms with Gasteiger partial charge in [0.2, 0.25) is 0 Å². The Bertz CT molecular complexity index is 549. The van der Waals surface area contributed by atoms with E-state index in [4.69, 9.17) is 0 Å². The van der Waals surface area contributed by atoms with Crippen LogP contribution in [-0.4, -0.2) is 74.0 Å². The maximum absolute atomic E-state index is 4.43. The summed E-state index contributed by atoms with van der Waals surface area (Å²) in [6.07, 6.45) is 2.40. The van der Waals surface area contributed by atoms with Crippen molar-refractivity contribution >= 4 is 5.96 Å². The number of unbranched alkanes of at least 4 members (excludes halogenated alkanes) is 1. The number of guanidine groups is 1. The van der Waals surface area contributed by atoms with Gasteiger partial charge in [-0.2, -0.15) is 0 Å². The van der Waals surface area contributed by atoms with Gasteiger partial charge in [0.1, 0.15) is 0 Å². The highest BCUT2D eigenvalue weighted by Gasteiger charge is 2.16. The molecule has 1 fully saturated rings. The van der Waals surface area contributed by atoms with Gasteiger partial charge in [0.15, 0.2) is 5.96 Å². The van der Waals surface area contributed by atoms with E-state index in [-0.39, 0.29) is 0 Å². The summed E-state index contributed by atoms with van der Waals surface area (Å²) in [5, 5.41) is 3.54. The van der Waals surface area contributed by atoms with E-state index in [0.29, 0.717) is 0 Å². The fourth-order valence-electron chi connectivity index (χ4n) is 3.45. The van der Waals surface area contributed by atoms with Crippen LogP contribution in [0.3, 0.4) is 0 Å². The van der Waals surface area contributed by atoms with Crippen LogP contribution >= 0.6 is 0 Å². The molecule has 0 aliphatic carbocycles. The first-order chi connectivity index (χ1) is 12.7. The fraction of sp³-hybridized carbons (Fsp3) is 0.667.